The number of rotatable bonds is 5. The van der Waals surface area contributed by atoms with Crippen molar-refractivity contribution in [2.75, 3.05) is 32.7 Å². The minimum absolute atomic E-state index is 0.106. The summed E-state index contributed by atoms with van der Waals surface area (Å²) in [7, 11) is 0. The monoisotopic (exact) mass is 475 g/mol. The molecule has 0 aliphatic carbocycles. The van der Waals surface area contributed by atoms with Gasteiger partial charge in [-0.3, -0.25) is 19.2 Å². The van der Waals surface area contributed by atoms with Crippen molar-refractivity contribution in [3.05, 3.63) is 69.8 Å². The second kappa shape index (κ2) is 9.58. The van der Waals surface area contributed by atoms with Crippen molar-refractivity contribution >= 4 is 22.6 Å². The zero-order chi connectivity index (χ0) is 23.7. The van der Waals surface area contributed by atoms with E-state index in [0.717, 1.165) is 55.1 Å². The number of pyridine rings is 1. The average Bonchev–Trinajstić information content (AvgIpc) is 2.84. The van der Waals surface area contributed by atoms with Crippen molar-refractivity contribution in [1.82, 2.24) is 34.7 Å². The molecule has 0 saturated carbocycles. The van der Waals surface area contributed by atoms with Crippen LogP contribution in [0, 0.1) is 13.8 Å². The van der Waals surface area contributed by atoms with Gasteiger partial charge in [-0.25, -0.2) is 15.0 Å². The van der Waals surface area contributed by atoms with Crippen LogP contribution >= 0.6 is 11.6 Å². The standard InChI is InChI=1S/C25H26ClN7O/c1-16-13-28-15-23(30-16)18-3-4-20(22(26)12-18)21-11-19-14-29-17(2)31-24(19)33(25(21)34)10-9-32-7-5-27-6-8-32/h3-4,11-15,27H,5-10H2,1-2H3. The largest absolute Gasteiger partial charge is 0.314 e. The van der Waals surface area contributed by atoms with E-state index in [9.17, 15) is 4.79 Å². The Morgan fingerprint density at radius 3 is 2.59 bits per heavy atom. The van der Waals surface area contributed by atoms with E-state index in [-0.39, 0.29) is 5.56 Å². The molecule has 1 saturated heterocycles. The van der Waals surface area contributed by atoms with Crippen LogP contribution in [0.4, 0.5) is 0 Å². The lowest BCUT2D eigenvalue weighted by molar-refractivity contribution is 0.232. The van der Waals surface area contributed by atoms with Crippen LogP contribution in [0.5, 0.6) is 0 Å². The van der Waals surface area contributed by atoms with Crippen molar-refractivity contribution in [3.8, 4) is 22.4 Å². The van der Waals surface area contributed by atoms with Crippen LogP contribution in [0.1, 0.15) is 11.5 Å². The molecule has 174 valence electrons. The number of aryl methyl sites for hydroxylation is 2. The van der Waals surface area contributed by atoms with Crippen molar-refractivity contribution in [3.63, 3.8) is 0 Å². The van der Waals surface area contributed by atoms with Gasteiger partial charge in [0.15, 0.2) is 0 Å². The quantitative estimate of drug-likeness (QED) is 0.474. The number of aromatic nitrogens is 5. The van der Waals surface area contributed by atoms with E-state index in [2.05, 4.69) is 30.2 Å². The van der Waals surface area contributed by atoms with Gasteiger partial charge in [-0.1, -0.05) is 23.7 Å². The highest BCUT2D eigenvalue weighted by molar-refractivity contribution is 6.33. The number of hydrogen-bond donors (Lipinski definition) is 1. The third-order valence-corrected chi connectivity index (χ3v) is 6.42. The second-order valence-corrected chi connectivity index (χ2v) is 8.95. The zero-order valence-corrected chi connectivity index (χ0v) is 20.0. The third-order valence-electron chi connectivity index (χ3n) is 6.11. The molecule has 0 radical (unpaired) electrons. The van der Waals surface area contributed by atoms with Gasteiger partial charge in [0.1, 0.15) is 11.5 Å². The molecule has 4 heterocycles. The Morgan fingerprint density at radius 1 is 1.00 bits per heavy atom. The first-order valence-electron chi connectivity index (χ1n) is 11.4. The Morgan fingerprint density at radius 2 is 1.82 bits per heavy atom. The van der Waals surface area contributed by atoms with Crippen molar-refractivity contribution in [2.45, 2.75) is 20.4 Å². The molecule has 34 heavy (non-hydrogen) atoms. The third kappa shape index (κ3) is 4.57. The maximum Gasteiger partial charge on any atom is 0.260 e. The molecule has 1 aromatic carbocycles. The molecule has 5 rings (SSSR count). The SMILES string of the molecule is Cc1cncc(-c2ccc(-c3cc4cnc(C)nc4n(CCN4CCNCC4)c3=O)c(Cl)c2)n1. The molecular formula is C25H26ClN7O. The molecular weight excluding hydrogens is 450 g/mol. The lowest BCUT2D eigenvalue weighted by atomic mass is 10.0. The topological polar surface area (TPSA) is 88.8 Å². The number of halogens is 1. The van der Waals surface area contributed by atoms with Gasteiger partial charge in [0.25, 0.3) is 5.56 Å². The van der Waals surface area contributed by atoms with Crippen LogP contribution in [0.15, 0.2) is 47.7 Å². The summed E-state index contributed by atoms with van der Waals surface area (Å²) >= 11 is 6.71. The maximum absolute atomic E-state index is 13.7. The van der Waals surface area contributed by atoms with Gasteiger partial charge in [0.05, 0.1) is 17.6 Å². The lowest BCUT2D eigenvalue weighted by Gasteiger charge is -2.27. The van der Waals surface area contributed by atoms with E-state index in [0.29, 0.717) is 34.2 Å². The average molecular weight is 476 g/mol. The predicted octanol–water partition coefficient (Wildman–Crippen LogP) is 3.09. The minimum Gasteiger partial charge on any atom is -0.314 e. The number of hydrogen-bond acceptors (Lipinski definition) is 7. The van der Waals surface area contributed by atoms with Crippen LogP contribution in [0.3, 0.4) is 0 Å². The Balaban J connectivity index is 1.57. The van der Waals surface area contributed by atoms with Gasteiger partial charge in [0, 0.05) is 78.8 Å². The molecule has 8 nitrogen and oxygen atoms in total. The summed E-state index contributed by atoms with van der Waals surface area (Å²) in [4.78, 5) is 33.8. The summed E-state index contributed by atoms with van der Waals surface area (Å²) in [5.41, 5.74) is 4.18. The molecule has 9 heteroatoms. The number of fused-ring (bicyclic) bond motifs is 1. The van der Waals surface area contributed by atoms with E-state index >= 15 is 0 Å². The fourth-order valence-corrected chi connectivity index (χ4v) is 4.60. The van der Waals surface area contributed by atoms with Gasteiger partial charge >= 0.3 is 0 Å². The van der Waals surface area contributed by atoms with E-state index < -0.39 is 0 Å². The first-order valence-corrected chi connectivity index (χ1v) is 11.8. The minimum atomic E-state index is -0.106. The van der Waals surface area contributed by atoms with E-state index in [1.807, 2.05) is 38.1 Å². The van der Waals surface area contributed by atoms with Gasteiger partial charge in [-0.2, -0.15) is 0 Å². The molecule has 0 amide bonds. The van der Waals surface area contributed by atoms with Gasteiger partial charge in [0.2, 0.25) is 0 Å². The zero-order valence-electron chi connectivity index (χ0n) is 19.3. The summed E-state index contributed by atoms with van der Waals surface area (Å²) in [6.45, 7) is 8.92. The maximum atomic E-state index is 13.7. The van der Waals surface area contributed by atoms with Crippen LogP contribution in [0.2, 0.25) is 5.02 Å². The van der Waals surface area contributed by atoms with Crippen LogP contribution in [0.25, 0.3) is 33.4 Å². The summed E-state index contributed by atoms with van der Waals surface area (Å²) < 4.78 is 1.76. The molecule has 1 aliphatic heterocycles. The van der Waals surface area contributed by atoms with Crippen LogP contribution in [-0.4, -0.2) is 62.1 Å². The van der Waals surface area contributed by atoms with Gasteiger partial charge < -0.3 is 5.32 Å². The van der Waals surface area contributed by atoms with Crippen LogP contribution in [-0.2, 0) is 6.54 Å². The van der Waals surface area contributed by atoms with E-state index in [4.69, 9.17) is 11.6 Å². The molecule has 0 unspecified atom stereocenters. The smallest absolute Gasteiger partial charge is 0.260 e. The molecule has 4 aromatic rings. The number of piperazine rings is 1. The fourth-order valence-electron chi connectivity index (χ4n) is 4.32. The molecule has 1 aliphatic rings. The van der Waals surface area contributed by atoms with Crippen LogP contribution < -0.4 is 10.9 Å². The van der Waals surface area contributed by atoms with Gasteiger partial charge in [-0.15, -0.1) is 0 Å². The Hall–Kier alpha value is -3.20. The summed E-state index contributed by atoms with van der Waals surface area (Å²) in [5.74, 6) is 0.636. The Kier molecular flexibility index (Phi) is 6.36. The van der Waals surface area contributed by atoms with Gasteiger partial charge in [-0.05, 0) is 26.0 Å². The first kappa shape index (κ1) is 22.6. The highest BCUT2D eigenvalue weighted by Gasteiger charge is 2.17. The predicted molar refractivity (Wildman–Crippen MR) is 134 cm³/mol. The highest BCUT2D eigenvalue weighted by Crippen LogP contribution is 2.31. The molecule has 3 aromatic heterocycles. The summed E-state index contributed by atoms with van der Waals surface area (Å²) in [5, 5.41) is 4.66. The Bertz CT molecular complexity index is 1410. The Labute approximate surface area is 202 Å². The summed E-state index contributed by atoms with van der Waals surface area (Å²) in [6, 6.07) is 7.47. The molecule has 0 spiro atoms. The normalized spacial score (nSPS) is 14.6. The van der Waals surface area contributed by atoms with Crippen molar-refractivity contribution < 1.29 is 0 Å². The number of benzene rings is 1. The second-order valence-electron chi connectivity index (χ2n) is 8.54. The lowest BCUT2D eigenvalue weighted by Crippen LogP contribution is -2.45. The molecule has 1 fully saturated rings. The van der Waals surface area contributed by atoms with Crippen molar-refractivity contribution in [2.24, 2.45) is 0 Å². The number of nitrogens with one attached hydrogen (secondary N) is 1. The first-order chi connectivity index (χ1) is 16.5. The fraction of sp³-hybridized carbons (Fsp3) is 0.320. The van der Waals surface area contributed by atoms with E-state index in [1.165, 1.54) is 0 Å². The van der Waals surface area contributed by atoms with E-state index in [1.54, 1.807) is 23.2 Å². The highest BCUT2D eigenvalue weighted by atomic mass is 35.5. The van der Waals surface area contributed by atoms with Crippen molar-refractivity contribution in [1.29, 1.82) is 0 Å². The molecule has 1 N–H and O–H groups in total. The molecule has 0 bridgehead atoms. The summed E-state index contributed by atoms with van der Waals surface area (Å²) in [6.07, 6.45) is 5.19. The number of nitrogens with zero attached hydrogens (tertiary/aromatic N) is 6. The molecule has 0 atom stereocenters.